The summed E-state index contributed by atoms with van der Waals surface area (Å²) in [6, 6.07) is 5.60. The zero-order chi connectivity index (χ0) is 12.0. The van der Waals surface area contributed by atoms with Crippen LogP contribution in [0, 0.1) is 5.82 Å². The van der Waals surface area contributed by atoms with Crippen molar-refractivity contribution in [1.82, 2.24) is 0 Å². The van der Waals surface area contributed by atoms with Crippen molar-refractivity contribution in [2.75, 3.05) is 17.7 Å². The van der Waals surface area contributed by atoms with Gasteiger partial charge in [-0.15, -0.1) is 11.8 Å². The number of benzene rings is 1. The third-order valence-electron chi connectivity index (χ3n) is 1.88. The summed E-state index contributed by atoms with van der Waals surface area (Å²) in [5.74, 6) is -0.211. The average Bonchev–Trinajstić information content (AvgIpc) is 2.29. The summed E-state index contributed by atoms with van der Waals surface area (Å²) in [4.78, 5) is 11.4. The number of amides is 1. The van der Waals surface area contributed by atoms with E-state index in [9.17, 15) is 9.18 Å². The molecule has 1 aromatic rings. The van der Waals surface area contributed by atoms with Gasteiger partial charge in [0, 0.05) is 10.9 Å². The van der Waals surface area contributed by atoms with Gasteiger partial charge in [0.15, 0.2) is 0 Å². The van der Waals surface area contributed by atoms with Crippen LogP contribution in [-0.2, 0) is 4.79 Å². The first-order valence-corrected chi connectivity index (χ1v) is 5.94. The smallest absolute Gasteiger partial charge is 0.234 e. The molecule has 0 saturated carbocycles. The van der Waals surface area contributed by atoms with Crippen LogP contribution in [-0.4, -0.2) is 28.6 Å². The van der Waals surface area contributed by atoms with Crippen molar-refractivity contribution in [2.24, 2.45) is 0 Å². The van der Waals surface area contributed by atoms with Crippen molar-refractivity contribution in [2.45, 2.75) is 12.2 Å². The number of carbonyl (C=O) groups excluding carboxylic acids is 1. The van der Waals surface area contributed by atoms with E-state index in [2.05, 4.69) is 5.32 Å². The van der Waals surface area contributed by atoms with Crippen molar-refractivity contribution >= 4 is 23.4 Å². The Balaban J connectivity index is 2.37. The molecule has 0 bridgehead atoms. The molecule has 3 nitrogen and oxygen atoms in total. The van der Waals surface area contributed by atoms with Crippen LogP contribution in [0.5, 0.6) is 0 Å². The molecule has 0 aromatic heterocycles. The number of anilines is 1. The van der Waals surface area contributed by atoms with Gasteiger partial charge >= 0.3 is 0 Å². The van der Waals surface area contributed by atoms with Crippen LogP contribution in [0.1, 0.15) is 6.92 Å². The van der Waals surface area contributed by atoms with Crippen LogP contribution in [0.3, 0.4) is 0 Å². The Labute approximate surface area is 98.1 Å². The lowest BCUT2D eigenvalue weighted by molar-refractivity contribution is -0.113. The Kier molecular flexibility index (Phi) is 5.28. The van der Waals surface area contributed by atoms with Gasteiger partial charge in [0.2, 0.25) is 5.91 Å². The molecule has 1 atom stereocenters. The van der Waals surface area contributed by atoms with Gasteiger partial charge < -0.3 is 10.4 Å². The summed E-state index contributed by atoms with van der Waals surface area (Å²) in [7, 11) is 0. The normalized spacial score (nSPS) is 12.2. The third-order valence-corrected chi connectivity index (χ3v) is 3.03. The highest BCUT2D eigenvalue weighted by atomic mass is 32.2. The van der Waals surface area contributed by atoms with Crippen molar-refractivity contribution < 1.29 is 14.3 Å². The van der Waals surface area contributed by atoms with Crippen LogP contribution in [0.15, 0.2) is 24.3 Å². The molecule has 2 N–H and O–H groups in total. The number of halogens is 1. The van der Waals surface area contributed by atoms with E-state index < -0.39 is 0 Å². The van der Waals surface area contributed by atoms with Gasteiger partial charge in [-0.1, -0.05) is 6.92 Å². The maximum atomic E-state index is 12.6. The zero-order valence-electron chi connectivity index (χ0n) is 8.94. The maximum absolute atomic E-state index is 12.6. The quantitative estimate of drug-likeness (QED) is 0.830. The molecule has 0 aliphatic heterocycles. The molecule has 0 aliphatic carbocycles. The fraction of sp³-hybridized carbons (Fsp3) is 0.364. The molecule has 88 valence electrons. The van der Waals surface area contributed by atoms with Crippen LogP contribution in [0.4, 0.5) is 10.1 Å². The number of aliphatic hydroxyl groups is 1. The predicted octanol–water partition coefficient (Wildman–Crippen LogP) is 1.88. The molecule has 0 aliphatic rings. The third kappa shape index (κ3) is 4.63. The summed E-state index contributed by atoms with van der Waals surface area (Å²) in [6.07, 6.45) is 0. The first kappa shape index (κ1) is 13.0. The Morgan fingerprint density at radius 1 is 1.50 bits per heavy atom. The van der Waals surface area contributed by atoms with Gasteiger partial charge in [-0.2, -0.15) is 0 Å². The van der Waals surface area contributed by atoms with Gasteiger partial charge in [-0.3, -0.25) is 4.79 Å². The molecule has 0 spiro atoms. The minimum atomic E-state index is -0.332. The second-order valence-corrected chi connectivity index (χ2v) is 4.79. The van der Waals surface area contributed by atoms with Crippen LogP contribution in [0.2, 0.25) is 0 Å². The van der Waals surface area contributed by atoms with Gasteiger partial charge in [-0.25, -0.2) is 4.39 Å². The lowest BCUT2D eigenvalue weighted by Crippen LogP contribution is -2.16. The van der Waals surface area contributed by atoms with Crippen molar-refractivity contribution in [3.8, 4) is 0 Å². The molecule has 5 heteroatoms. The lowest BCUT2D eigenvalue weighted by atomic mass is 10.3. The molecular weight excluding hydrogens is 229 g/mol. The topological polar surface area (TPSA) is 49.3 Å². The zero-order valence-corrected chi connectivity index (χ0v) is 9.76. The van der Waals surface area contributed by atoms with E-state index in [1.807, 2.05) is 6.92 Å². The monoisotopic (exact) mass is 243 g/mol. The molecule has 0 fully saturated rings. The number of carbonyl (C=O) groups is 1. The van der Waals surface area contributed by atoms with E-state index in [0.717, 1.165) is 0 Å². The SMILES string of the molecule is CC(CO)SCC(=O)Nc1ccc(F)cc1. The van der Waals surface area contributed by atoms with Gasteiger partial charge in [0.05, 0.1) is 12.4 Å². The number of thioether (sulfide) groups is 1. The predicted molar refractivity (Wildman–Crippen MR) is 64.0 cm³/mol. The lowest BCUT2D eigenvalue weighted by Gasteiger charge is -2.08. The van der Waals surface area contributed by atoms with E-state index in [1.54, 1.807) is 0 Å². The van der Waals surface area contributed by atoms with E-state index in [-0.39, 0.29) is 29.3 Å². The summed E-state index contributed by atoms with van der Waals surface area (Å²) in [5, 5.41) is 11.5. The van der Waals surface area contributed by atoms with Crippen LogP contribution in [0.25, 0.3) is 0 Å². The second-order valence-electron chi connectivity index (χ2n) is 3.36. The van der Waals surface area contributed by atoms with Crippen molar-refractivity contribution in [3.63, 3.8) is 0 Å². The molecule has 0 radical (unpaired) electrons. The molecule has 1 amide bonds. The first-order valence-electron chi connectivity index (χ1n) is 4.89. The summed E-state index contributed by atoms with van der Waals surface area (Å²) >= 11 is 1.37. The summed E-state index contributed by atoms with van der Waals surface area (Å²) in [6.45, 7) is 1.89. The van der Waals surface area contributed by atoms with Crippen molar-refractivity contribution in [3.05, 3.63) is 30.1 Å². The minimum Gasteiger partial charge on any atom is -0.395 e. The highest BCUT2D eigenvalue weighted by Gasteiger charge is 2.06. The minimum absolute atomic E-state index is 0.0407. The maximum Gasteiger partial charge on any atom is 0.234 e. The second kappa shape index (κ2) is 6.50. The first-order chi connectivity index (χ1) is 7.61. The molecule has 1 unspecified atom stereocenters. The largest absolute Gasteiger partial charge is 0.395 e. The molecule has 1 aromatic carbocycles. The van der Waals surface area contributed by atoms with Gasteiger partial charge in [-0.05, 0) is 24.3 Å². The fourth-order valence-corrected chi connectivity index (χ4v) is 1.61. The molecule has 1 rings (SSSR count). The number of hydrogen-bond acceptors (Lipinski definition) is 3. The number of rotatable bonds is 5. The van der Waals surface area contributed by atoms with E-state index in [4.69, 9.17) is 5.11 Å². The van der Waals surface area contributed by atoms with Crippen molar-refractivity contribution in [1.29, 1.82) is 0 Å². The number of hydrogen-bond donors (Lipinski definition) is 2. The number of aliphatic hydroxyl groups excluding tert-OH is 1. The number of nitrogens with one attached hydrogen (secondary N) is 1. The van der Waals surface area contributed by atoms with E-state index >= 15 is 0 Å². The molecular formula is C11H14FNO2S. The highest BCUT2D eigenvalue weighted by Crippen LogP contribution is 2.12. The molecule has 0 saturated heterocycles. The van der Waals surface area contributed by atoms with Crippen LogP contribution >= 0.6 is 11.8 Å². The Morgan fingerprint density at radius 2 is 2.12 bits per heavy atom. The summed E-state index contributed by atoms with van der Waals surface area (Å²) < 4.78 is 12.6. The fourth-order valence-electron chi connectivity index (χ4n) is 1.00. The Morgan fingerprint density at radius 3 is 2.69 bits per heavy atom. The average molecular weight is 243 g/mol. The Bertz CT molecular complexity index is 342. The van der Waals surface area contributed by atoms with E-state index in [1.165, 1.54) is 36.0 Å². The van der Waals surface area contributed by atoms with E-state index in [0.29, 0.717) is 5.69 Å². The highest BCUT2D eigenvalue weighted by molar-refractivity contribution is 8.00. The summed E-state index contributed by atoms with van der Waals surface area (Å²) in [5.41, 5.74) is 0.573. The molecule has 16 heavy (non-hydrogen) atoms. The van der Waals surface area contributed by atoms with Crippen LogP contribution < -0.4 is 5.32 Å². The Hall–Kier alpha value is -1.07. The van der Waals surface area contributed by atoms with Gasteiger partial charge in [0.25, 0.3) is 0 Å². The standard InChI is InChI=1S/C11H14FNO2S/c1-8(6-14)16-7-11(15)13-10-4-2-9(12)3-5-10/h2-5,8,14H,6-7H2,1H3,(H,13,15). The van der Waals surface area contributed by atoms with Gasteiger partial charge in [0.1, 0.15) is 5.82 Å². The molecule has 0 heterocycles.